The largest absolute Gasteiger partial charge is 0.492 e. The van der Waals surface area contributed by atoms with E-state index in [1.807, 2.05) is 30.3 Å². The Morgan fingerprint density at radius 3 is 2.59 bits per heavy atom. The smallest absolute Gasteiger partial charge is 0.317 e. The first-order chi connectivity index (χ1) is 13.1. The first kappa shape index (κ1) is 18.8. The number of hydrogen-bond acceptors (Lipinski definition) is 4. The van der Waals surface area contributed by atoms with Crippen LogP contribution in [0.5, 0.6) is 5.75 Å². The molecule has 7 nitrogen and oxygen atoms in total. The van der Waals surface area contributed by atoms with Crippen LogP contribution in [0.3, 0.4) is 0 Å². The van der Waals surface area contributed by atoms with E-state index in [-0.39, 0.29) is 18.0 Å². The number of rotatable bonds is 6. The third-order valence-corrected chi connectivity index (χ3v) is 4.63. The van der Waals surface area contributed by atoms with E-state index < -0.39 is 0 Å². The highest BCUT2D eigenvalue weighted by Crippen LogP contribution is 2.14. The number of urea groups is 1. The molecule has 3 amide bonds. The SMILES string of the molecule is CN(CCOc1ccccc1)C(=O)NC1CCN(C(=O)c2ccco2)CC1. The van der Waals surface area contributed by atoms with Crippen molar-refractivity contribution in [2.24, 2.45) is 0 Å². The number of para-hydroxylation sites is 1. The van der Waals surface area contributed by atoms with Gasteiger partial charge in [-0.2, -0.15) is 0 Å². The summed E-state index contributed by atoms with van der Waals surface area (Å²) < 4.78 is 10.8. The van der Waals surface area contributed by atoms with Gasteiger partial charge in [-0.15, -0.1) is 0 Å². The van der Waals surface area contributed by atoms with Gasteiger partial charge < -0.3 is 24.3 Å². The van der Waals surface area contributed by atoms with E-state index in [2.05, 4.69) is 5.32 Å². The minimum atomic E-state index is -0.123. The monoisotopic (exact) mass is 371 g/mol. The maximum absolute atomic E-state index is 12.3. The fourth-order valence-electron chi connectivity index (χ4n) is 2.99. The second-order valence-electron chi connectivity index (χ2n) is 6.58. The average molecular weight is 371 g/mol. The minimum absolute atomic E-state index is 0.0654. The van der Waals surface area contributed by atoms with Crippen LogP contribution in [0.4, 0.5) is 4.79 Å². The third-order valence-electron chi connectivity index (χ3n) is 4.63. The number of likely N-dealkylation sites (tertiary alicyclic amines) is 1. The maximum Gasteiger partial charge on any atom is 0.317 e. The normalized spacial score (nSPS) is 14.6. The number of amides is 3. The minimum Gasteiger partial charge on any atom is -0.492 e. The van der Waals surface area contributed by atoms with Crippen LogP contribution in [0.2, 0.25) is 0 Å². The Kier molecular flexibility index (Phi) is 6.35. The van der Waals surface area contributed by atoms with Crippen molar-refractivity contribution in [3.05, 3.63) is 54.5 Å². The van der Waals surface area contributed by atoms with Crippen LogP contribution in [0.25, 0.3) is 0 Å². The molecule has 144 valence electrons. The molecule has 1 N–H and O–H groups in total. The van der Waals surface area contributed by atoms with Crippen LogP contribution in [0, 0.1) is 0 Å². The van der Waals surface area contributed by atoms with Crippen LogP contribution in [-0.2, 0) is 0 Å². The molecule has 1 aromatic carbocycles. The lowest BCUT2D eigenvalue weighted by molar-refractivity contribution is 0.0674. The number of nitrogens with one attached hydrogen (secondary N) is 1. The van der Waals surface area contributed by atoms with E-state index in [9.17, 15) is 9.59 Å². The van der Waals surface area contributed by atoms with Crippen molar-refractivity contribution in [2.45, 2.75) is 18.9 Å². The molecule has 1 aliphatic heterocycles. The van der Waals surface area contributed by atoms with Crippen LogP contribution in [-0.4, -0.2) is 61.1 Å². The number of hydrogen-bond donors (Lipinski definition) is 1. The fourth-order valence-corrected chi connectivity index (χ4v) is 2.99. The molecule has 1 aromatic heterocycles. The molecule has 0 spiro atoms. The van der Waals surface area contributed by atoms with Crippen molar-refractivity contribution < 1.29 is 18.7 Å². The highest BCUT2D eigenvalue weighted by Gasteiger charge is 2.26. The summed E-state index contributed by atoms with van der Waals surface area (Å²) >= 11 is 0. The Bertz CT molecular complexity index is 725. The predicted octanol–water partition coefficient (Wildman–Crippen LogP) is 2.60. The van der Waals surface area contributed by atoms with Crippen LogP contribution >= 0.6 is 0 Å². The molecule has 1 saturated heterocycles. The topological polar surface area (TPSA) is 75.0 Å². The molecule has 1 aliphatic rings. The van der Waals surface area contributed by atoms with Crippen molar-refractivity contribution >= 4 is 11.9 Å². The zero-order valence-corrected chi connectivity index (χ0v) is 15.5. The van der Waals surface area contributed by atoms with E-state index >= 15 is 0 Å². The Hall–Kier alpha value is -2.96. The molecule has 0 unspecified atom stereocenters. The highest BCUT2D eigenvalue weighted by molar-refractivity contribution is 5.91. The zero-order chi connectivity index (χ0) is 19.1. The number of furan rings is 1. The van der Waals surface area contributed by atoms with Gasteiger partial charge in [0.1, 0.15) is 12.4 Å². The first-order valence-corrected chi connectivity index (χ1v) is 9.16. The Morgan fingerprint density at radius 2 is 1.93 bits per heavy atom. The van der Waals surface area contributed by atoms with Gasteiger partial charge in [0.15, 0.2) is 5.76 Å². The molecule has 3 rings (SSSR count). The third kappa shape index (κ3) is 5.26. The van der Waals surface area contributed by atoms with Gasteiger partial charge in [-0.1, -0.05) is 18.2 Å². The molecule has 0 bridgehead atoms. The summed E-state index contributed by atoms with van der Waals surface area (Å²) in [5.41, 5.74) is 0. The van der Waals surface area contributed by atoms with E-state index in [1.54, 1.807) is 29.0 Å². The van der Waals surface area contributed by atoms with Gasteiger partial charge >= 0.3 is 6.03 Å². The van der Waals surface area contributed by atoms with Gasteiger partial charge in [0, 0.05) is 26.2 Å². The van der Waals surface area contributed by atoms with Crippen LogP contribution < -0.4 is 10.1 Å². The van der Waals surface area contributed by atoms with E-state index in [0.29, 0.717) is 32.0 Å². The molecular weight excluding hydrogens is 346 g/mol. The fraction of sp³-hybridized carbons (Fsp3) is 0.400. The van der Waals surface area contributed by atoms with Crippen molar-refractivity contribution in [3.8, 4) is 5.75 Å². The van der Waals surface area contributed by atoms with Gasteiger partial charge in [-0.25, -0.2) is 4.79 Å². The lowest BCUT2D eigenvalue weighted by Gasteiger charge is -2.32. The summed E-state index contributed by atoms with van der Waals surface area (Å²) in [4.78, 5) is 28.0. The lowest BCUT2D eigenvalue weighted by atomic mass is 10.0. The molecule has 0 radical (unpaired) electrons. The van der Waals surface area contributed by atoms with Gasteiger partial charge in [0.2, 0.25) is 0 Å². The van der Waals surface area contributed by atoms with E-state index in [4.69, 9.17) is 9.15 Å². The summed E-state index contributed by atoms with van der Waals surface area (Å²) in [7, 11) is 1.75. The van der Waals surface area contributed by atoms with Crippen molar-refractivity contribution in [3.63, 3.8) is 0 Å². The Morgan fingerprint density at radius 1 is 1.19 bits per heavy atom. The van der Waals surface area contributed by atoms with Crippen molar-refractivity contribution in [1.82, 2.24) is 15.1 Å². The summed E-state index contributed by atoms with van der Waals surface area (Å²) in [5, 5.41) is 3.03. The molecule has 0 aliphatic carbocycles. The standard InChI is InChI=1S/C20H25N3O4/c1-22(13-15-26-17-6-3-2-4-7-17)20(25)21-16-9-11-23(12-10-16)19(24)18-8-5-14-27-18/h2-8,14,16H,9-13,15H2,1H3,(H,21,25). The molecule has 2 heterocycles. The van der Waals surface area contributed by atoms with E-state index in [0.717, 1.165) is 18.6 Å². The number of piperidine rings is 1. The van der Waals surface area contributed by atoms with Gasteiger partial charge in [-0.3, -0.25) is 4.79 Å². The molecule has 27 heavy (non-hydrogen) atoms. The number of likely N-dealkylation sites (N-methyl/N-ethyl adjacent to an activating group) is 1. The zero-order valence-electron chi connectivity index (χ0n) is 15.5. The van der Waals surface area contributed by atoms with Crippen molar-refractivity contribution in [2.75, 3.05) is 33.3 Å². The number of carbonyl (C=O) groups is 2. The average Bonchev–Trinajstić information content (AvgIpc) is 3.23. The molecular formula is C20H25N3O4. The summed E-state index contributed by atoms with van der Waals surface area (Å²) in [6.07, 6.45) is 2.95. The number of benzene rings is 1. The van der Waals surface area contributed by atoms with Crippen LogP contribution in [0.1, 0.15) is 23.4 Å². The molecule has 1 fully saturated rings. The van der Waals surface area contributed by atoms with Gasteiger partial charge in [0.05, 0.1) is 12.8 Å². The Balaban J connectivity index is 1.36. The Labute approximate surface area is 158 Å². The summed E-state index contributed by atoms with van der Waals surface area (Å²) in [6, 6.07) is 12.8. The quantitative estimate of drug-likeness (QED) is 0.847. The second-order valence-corrected chi connectivity index (χ2v) is 6.58. The summed E-state index contributed by atoms with van der Waals surface area (Å²) in [6.45, 7) is 2.14. The number of ether oxygens (including phenoxy) is 1. The van der Waals surface area contributed by atoms with Gasteiger partial charge in [-0.05, 0) is 37.1 Å². The van der Waals surface area contributed by atoms with Gasteiger partial charge in [0.25, 0.3) is 5.91 Å². The highest BCUT2D eigenvalue weighted by atomic mass is 16.5. The predicted molar refractivity (Wildman–Crippen MR) is 101 cm³/mol. The molecule has 0 saturated carbocycles. The number of nitrogens with zero attached hydrogens (tertiary/aromatic N) is 2. The second kappa shape index (κ2) is 9.12. The molecule has 0 atom stereocenters. The van der Waals surface area contributed by atoms with Crippen molar-refractivity contribution in [1.29, 1.82) is 0 Å². The molecule has 2 aromatic rings. The molecule has 7 heteroatoms. The lowest BCUT2D eigenvalue weighted by Crippen LogP contribution is -2.49. The number of carbonyl (C=O) groups excluding carboxylic acids is 2. The van der Waals surface area contributed by atoms with Crippen LogP contribution in [0.15, 0.2) is 53.1 Å². The summed E-state index contributed by atoms with van der Waals surface area (Å²) in [5.74, 6) is 1.05. The maximum atomic E-state index is 12.3. The van der Waals surface area contributed by atoms with E-state index in [1.165, 1.54) is 6.26 Å². The first-order valence-electron chi connectivity index (χ1n) is 9.16.